The van der Waals surface area contributed by atoms with Crippen molar-refractivity contribution < 1.29 is 14.9 Å². The molecule has 0 aliphatic rings. The molecule has 0 saturated heterocycles. The van der Waals surface area contributed by atoms with Crippen LogP contribution in [0.25, 0.3) is 0 Å². The van der Waals surface area contributed by atoms with Gasteiger partial charge in [0.25, 0.3) is 0 Å². The summed E-state index contributed by atoms with van der Waals surface area (Å²) in [4.78, 5) is 0. The van der Waals surface area contributed by atoms with E-state index in [4.69, 9.17) is 4.74 Å². The van der Waals surface area contributed by atoms with Crippen molar-refractivity contribution >= 4 is 0 Å². The van der Waals surface area contributed by atoms with Crippen molar-refractivity contribution in [3.8, 4) is 17.2 Å². The summed E-state index contributed by atoms with van der Waals surface area (Å²) in [6, 6.07) is 4.77. The molecule has 2 N–H and O–H groups in total. The molecular weight excluding hydrogens is 228 g/mol. The lowest BCUT2D eigenvalue weighted by molar-refractivity contribution is 0.283. The van der Waals surface area contributed by atoms with Gasteiger partial charge in [0, 0.05) is 0 Å². The third kappa shape index (κ3) is 5.30. The zero-order valence-corrected chi connectivity index (χ0v) is 11.2. The lowest BCUT2D eigenvalue weighted by atomic mass is 10.1. The van der Waals surface area contributed by atoms with Crippen molar-refractivity contribution in [3.05, 3.63) is 18.2 Å². The third-order valence-corrected chi connectivity index (χ3v) is 2.98. The normalized spacial score (nSPS) is 10.5. The second-order valence-electron chi connectivity index (χ2n) is 4.59. The molecule has 0 aliphatic heterocycles. The average Bonchev–Trinajstić information content (AvgIpc) is 2.37. The molecule has 0 atom stereocenters. The van der Waals surface area contributed by atoms with E-state index in [1.807, 2.05) is 0 Å². The Morgan fingerprint density at radius 2 is 1.61 bits per heavy atom. The van der Waals surface area contributed by atoms with E-state index in [0.717, 1.165) is 12.8 Å². The number of para-hydroxylation sites is 1. The molecule has 1 aromatic carbocycles. The van der Waals surface area contributed by atoms with E-state index in [2.05, 4.69) is 6.92 Å². The summed E-state index contributed by atoms with van der Waals surface area (Å²) in [5.41, 5.74) is 0. The number of phenols is 2. The Labute approximate surface area is 109 Å². The molecular formula is C15H24O3. The molecule has 0 bridgehead atoms. The van der Waals surface area contributed by atoms with Gasteiger partial charge in [-0.1, -0.05) is 51.5 Å². The number of ether oxygens (including phenoxy) is 1. The maximum absolute atomic E-state index is 9.52. The Hall–Kier alpha value is -1.38. The first-order valence-electron chi connectivity index (χ1n) is 6.89. The Bertz CT molecular complexity index is 337. The zero-order chi connectivity index (χ0) is 13.2. The molecule has 0 aliphatic carbocycles. The van der Waals surface area contributed by atoms with Crippen LogP contribution in [-0.4, -0.2) is 16.8 Å². The van der Waals surface area contributed by atoms with E-state index in [-0.39, 0.29) is 11.5 Å². The van der Waals surface area contributed by atoms with Crippen molar-refractivity contribution in [2.45, 2.75) is 51.9 Å². The van der Waals surface area contributed by atoms with E-state index in [0.29, 0.717) is 12.4 Å². The lowest BCUT2D eigenvalue weighted by Gasteiger charge is -2.08. The highest BCUT2D eigenvalue weighted by molar-refractivity contribution is 5.48. The summed E-state index contributed by atoms with van der Waals surface area (Å²) < 4.78 is 5.44. The molecule has 102 valence electrons. The van der Waals surface area contributed by atoms with Gasteiger partial charge in [-0.15, -0.1) is 0 Å². The van der Waals surface area contributed by atoms with E-state index in [9.17, 15) is 10.2 Å². The minimum atomic E-state index is -0.166. The molecule has 18 heavy (non-hydrogen) atoms. The molecule has 0 aromatic heterocycles. The van der Waals surface area contributed by atoms with Crippen LogP contribution in [0.2, 0.25) is 0 Å². The standard InChI is InChI=1S/C15H24O3/c1-2-3-4-5-6-7-8-12-18-14-11-9-10-13(16)15(14)17/h9-11,16-17H,2-8,12H2,1H3. The first-order chi connectivity index (χ1) is 8.75. The molecule has 0 radical (unpaired) electrons. The Balaban J connectivity index is 2.09. The minimum absolute atomic E-state index is 0.132. The van der Waals surface area contributed by atoms with Crippen LogP contribution in [0.5, 0.6) is 17.2 Å². The van der Waals surface area contributed by atoms with Crippen molar-refractivity contribution in [3.63, 3.8) is 0 Å². The number of hydrogen-bond acceptors (Lipinski definition) is 3. The fraction of sp³-hybridized carbons (Fsp3) is 0.600. The highest BCUT2D eigenvalue weighted by Gasteiger charge is 2.05. The number of aromatic hydroxyl groups is 2. The summed E-state index contributed by atoms with van der Waals surface area (Å²) in [7, 11) is 0. The summed E-state index contributed by atoms with van der Waals surface area (Å²) in [5.74, 6) is 0.0634. The number of unbranched alkanes of at least 4 members (excludes halogenated alkanes) is 6. The van der Waals surface area contributed by atoms with Crippen LogP contribution >= 0.6 is 0 Å². The third-order valence-electron chi connectivity index (χ3n) is 2.98. The van der Waals surface area contributed by atoms with Crippen LogP contribution in [0.15, 0.2) is 18.2 Å². The van der Waals surface area contributed by atoms with Crippen LogP contribution in [0.4, 0.5) is 0 Å². The second kappa shape index (κ2) is 8.67. The highest BCUT2D eigenvalue weighted by Crippen LogP contribution is 2.34. The molecule has 3 heteroatoms. The Morgan fingerprint density at radius 3 is 2.33 bits per heavy atom. The minimum Gasteiger partial charge on any atom is -0.504 e. The largest absolute Gasteiger partial charge is 0.504 e. The maximum atomic E-state index is 9.52. The SMILES string of the molecule is CCCCCCCCCOc1cccc(O)c1O. The van der Waals surface area contributed by atoms with Gasteiger partial charge in [-0.25, -0.2) is 0 Å². The lowest BCUT2D eigenvalue weighted by Crippen LogP contribution is -1.97. The fourth-order valence-corrected chi connectivity index (χ4v) is 1.87. The Morgan fingerprint density at radius 1 is 0.944 bits per heavy atom. The van der Waals surface area contributed by atoms with Crippen LogP contribution in [0.3, 0.4) is 0 Å². The van der Waals surface area contributed by atoms with Crippen LogP contribution in [0, 0.1) is 0 Å². The van der Waals surface area contributed by atoms with Gasteiger partial charge in [-0.3, -0.25) is 0 Å². The average molecular weight is 252 g/mol. The van der Waals surface area contributed by atoms with Gasteiger partial charge in [-0.05, 0) is 18.6 Å². The zero-order valence-electron chi connectivity index (χ0n) is 11.2. The van der Waals surface area contributed by atoms with Crippen molar-refractivity contribution in [1.82, 2.24) is 0 Å². The van der Waals surface area contributed by atoms with Gasteiger partial charge in [0.15, 0.2) is 11.5 Å². The van der Waals surface area contributed by atoms with Crippen molar-refractivity contribution in [2.75, 3.05) is 6.61 Å². The van der Waals surface area contributed by atoms with Gasteiger partial charge >= 0.3 is 0 Å². The van der Waals surface area contributed by atoms with Gasteiger partial charge in [0.1, 0.15) is 0 Å². The highest BCUT2D eigenvalue weighted by atomic mass is 16.5. The molecule has 1 aromatic rings. The fourth-order valence-electron chi connectivity index (χ4n) is 1.87. The number of hydrogen-bond donors (Lipinski definition) is 2. The molecule has 1 rings (SSSR count). The predicted octanol–water partition coefficient (Wildman–Crippen LogP) is 4.23. The molecule has 0 fully saturated rings. The van der Waals surface area contributed by atoms with Gasteiger partial charge in [0.2, 0.25) is 5.75 Å². The van der Waals surface area contributed by atoms with Crippen molar-refractivity contribution in [2.24, 2.45) is 0 Å². The molecule has 0 spiro atoms. The van der Waals surface area contributed by atoms with E-state index in [1.165, 1.54) is 38.2 Å². The van der Waals surface area contributed by atoms with E-state index < -0.39 is 0 Å². The molecule has 0 saturated carbocycles. The molecule has 3 nitrogen and oxygen atoms in total. The number of phenolic OH excluding ortho intramolecular Hbond substituents is 2. The Kier molecular flexibility index (Phi) is 7.07. The molecule has 0 heterocycles. The van der Waals surface area contributed by atoms with Crippen molar-refractivity contribution in [1.29, 1.82) is 0 Å². The first-order valence-corrected chi connectivity index (χ1v) is 6.89. The van der Waals surface area contributed by atoms with Gasteiger partial charge in [0.05, 0.1) is 6.61 Å². The monoisotopic (exact) mass is 252 g/mol. The molecule has 0 amide bonds. The smallest absolute Gasteiger partial charge is 0.200 e. The van der Waals surface area contributed by atoms with E-state index in [1.54, 1.807) is 12.1 Å². The number of rotatable bonds is 9. The predicted molar refractivity (Wildman–Crippen MR) is 73.3 cm³/mol. The number of benzene rings is 1. The van der Waals surface area contributed by atoms with Crippen LogP contribution < -0.4 is 4.74 Å². The van der Waals surface area contributed by atoms with Crippen LogP contribution in [-0.2, 0) is 0 Å². The van der Waals surface area contributed by atoms with E-state index >= 15 is 0 Å². The summed E-state index contributed by atoms with van der Waals surface area (Å²) in [6.07, 6.45) is 8.61. The van der Waals surface area contributed by atoms with Gasteiger partial charge in [-0.2, -0.15) is 0 Å². The topological polar surface area (TPSA) is 49.7 Å². The summed E-state index contributed by atoms with van der Waals surface area (Å²) in [6.45, 7) is 2.81. The first kappa shape index (κ1) is 14.7. The summed E-state index contributed by atoms with van der Waals surface area (Å²) >= 11 is 0. The molecule has 0 unspecified atom stereocenters. The quantitative estimate of drug-likeness (QED) is 0.511. The summed E-state index contributed by atoms with van der Waals surface area (Å²) in [5, 5.41) is 18.8. The van der Waals surface area contributed by atoms with Gasteiger partial charge < -0.3 is 14.9 Å². The van der Waals surface area contributed by atoms with Crippen LogP contribution in [0.1, 0.15) is 51.9 Å². The maximum Gasteiger partial charge on any atom is 0.200 e. The second-order valence-corrected chi connectivity index (χ2v) is 4.59.